The number of nitrogens with zero attached hydrogens (tertiary/aromatic N) is 3. The van der Waals surface area contributed by atoms with Crippen molar-refractivity contribution in [1.82, 2.24) is 25.9 Å². The molecule has 6 nitrogen and oxygen atoms in total. The van der Waals surface area contributed by atoms with Crippen LogP contribution < -0.4 is 5.32 Å². The van der Waals surface area contributed by atoms with E-state index in [9.17, 15) is 4.79 Å². The molecular formula is C10H13N5O. The molecule has 1 amide bonds. The van der Waals surface area contributed by atoms with Crippen LogP contribution in [0, 0.1) is 23.7 Å². The molecule has 1 aromatic heterocycles. The first-order valence-corrected chi connectivity index (χ1v) is 5.89. The standard InChI is InChI=1S/C10H13N5O/c16-10(9-12-14-15-13-9)11-8-6-4-1-2-5(3-4)7(6)8/h4-8H,1-3H2,(H,11,16)(H,12,13,14,15). The molecule has 0 radical (unpaired) electrons. The highest BCUT2D eigenvalue weighted by atomic mass is 16.2. The molecule has 4 unspecified atom stereocenters. The number of hydrogen-bond donors (Lipinski definition) is 2. The number of tetrazole rings is 1. The van der Waals surface area contributed by atoms with Crippen LogP contribution in [0.1, 0.15) is 29.9 Å². The number of hydrogen-bond acceptors (Lipinski definition) is 4. The van der Waals surface area contributed by atoms with Gasteiger partial charge in [0.05, 0.1) is 0 Å². The average molecular weight is 219 g/mol. The largest absolute Gasteiger partial charge is 0.346 e. The maximum atomic E-state index is 11.7. The van der Waals surface area contributed by atoms with Crippen molar-refractivity contribution in [3.05, 3.63) is 5.82 Å². The van der Waals surface area contributed by atoms with E-state index in [1.54, 1.807) is 0 Å². The highest BCUT2D eigenvalue weighted by Crippen LogP contribution is 2.65. The minimum atomic E-state index is -0.187. The molecule has 3 saturated carbocycles. The van der Waals surface area contributed by atoms with E-state index in [2.05, 4.69) is 25.9 Å². The highest BCUT2D eigenvalue weighted by molar-refractivity contribution is 5.90. The Morgan fingerprint density at radius 2 is 2.06 bits per heavy atom. The van der Waals surface area contributed by atoms with Gasteiger partial charge in [-0.1, -0.05) is 0 Å². The molecule has 3 fully saturated rings. The monoisotopic (exact) mass is 219 g/mol. The molecule has 6 heteroatoms. The summed E-state index contributed by atoms with van der Waals surface area (Å²) in [6.45, 7) is 0. The smallest absolute Gasteiger partial charge is 0.293 e. The summed E-state index contributed by atoms with van der Waals surface area (Å²) in [5.41, 5.74) is 0. The second-order valence-corrected chi connectivity index (χ2v) is 5.22. The van der Waals surface area contributed by atoms with Crippen LogP contribution in [0.25, 0.3) is 0 Å². The van der Waals surface area contributed by atoms with Crippen LogP contribution >= 0.6 is 0 Å². The number of carbonyl (C=O) groups is 1. The van der Waals surface area contributed by atoms with E-state index in [0.717, 1.165) is 23.7 Å². The Labute approximate surface area is 92.2 Å². The Kier molecular flexibility index (Phi) is 1.52. The van der Waals surface area contributed by atoms with Gasteiger partial charge in [-0.2, -0.15) is 5.21 Å². The van der Waals surface area contributed by atoms with Crippen LogP contribution in [0.2, 0.25) is 0 Å². The van der Waals surface area contributed by atoms with E-state index in [0.29, 0.717) is 6.04 Å². The zero-order chi connectivity index (χ0) is 10.7. The van der Waals surface area contributed by atoms with Crippen LogP contribution in [-0.4, -0.2) is 32.6 Å². The summed E-state index contributed by atoms with van der Waals surface area (Å²) in [7, 11) is 0. The first-order chi connectivity index (χ1) is 7.84. The molecule has 1 aromatic rings. The summed E-state index contributed by atoms with van der Waals surface area (Å²) in [6.07, 6.45) is 4.12. The zero-order valence-electron chi connectivity index (χ0n) is 8.76. The lowest BCUT2D eigenvalue weighted by Gasteiger charge is -2.08. The third-order valence-corrected chi connectivity index (χ3v) is 4.58. The Balaban J connectivity index is 1.46. The van der Waals surface area contributed by atoms with Gasteiger partial charge in [-0.3, -0.25) is 4.79 Å². The molecule has 0 aromatic carbocycles. The van der Waals surface area contributed by atoms with Crippen molar-refractivity contribution in [2.75, 3.05) is 0 Å². The quantitative estimate of drug-likeness (QED) is 0.731. The molecule has 2 bridgehead atoms. The minimum Gasteiger partial charge on any atom is -0.346 e. The number of fused-ring (bicyclic) bond motifs is 5. The van der Waals surface area contributed by atoms with Crippen molar-refractivity contribution >= 4 is 5.91 Å². The molecule has 3 aliphatic rings. The Hall–Kier alpha value is -1.46. The minimum absolute atomic E-state index is 0.150. The average Bonchev–Trinajstić information content (AvgIpc) is 2.81. The van der Waals surface area contributed by atoms with Crippen molar-refractivity contribution < 1.29 is 4.79 Å². The second kappa shape index (κ2) is 2.81. The van der Waals surface area contributed by atoms with Crippen molar-refractivity contribution in [1.29, 1.82) is 0 Å². The molecule has 1 heterocycles. The normalized spacial score (nSPS) is 43.1. The number of H-pyrrole nitrogens is 1. The van der Waals surface area contributed by atoms with E-state index in [-0.39, 0.29) is 11.7 Å². The van der Waals surface area contributed by atoms with Gasteiger partial charge in [0.15, 0.2) is 0 Å². The number of nitrogens with one attached hydrogen (secondary N) is 2. The van der Waals surface area contributed by atoms with E-state index in [4.69, 9.17) is 0 Å². The Morgan fingerprint density at radius 3 is 2.69 bits per heavy atom. The van der Waals surface area contributed by atoms with Crippen LogP contribution in [0.4, 0.5) is 0 Å². The van der Waals surface area contributed by atoms with Gasteiger partial charge in [-0.15, -0.1) is 10.2 Å². The molecule has 16 heavy (non-hydrogen) atoms. The van der Waals surface area contributed by atoms with E-state index >= 15 is 0 Å². The van der Waals surface area contributed by atoms with Crippen molar-refractivity contribution in [3.63, 3.8) is 0 Å². The fourth-order valence-electron chi connectivity index (χ4n) is 3.99. The number of aromatic amines is 1. The summed E-state index contributed by atoms with van der Waals surface area (Å²) in [5.74, 6) is 3.19. The summed E-state index contributed by atoms with van der Waals surface area (Å²) >= 11 is 0. The maximum absolute atomic E-state index is 11.7. The second-order valence-electron chi connectivity index (χ2n) is 5.22. The number of rotatable bonds is 2. The van der Waals surface area contributed by atoms with Crippen LogP contribution in [0.5, 0.6) is 0 Å². The molecule has 0 saturated heterocycles. The topological polar surface area (TPSA) is 83.6 Å². The first kappa shape index (κ1) is 8.66. The zero-order valence-corrected chi connectivity index (χ0v) is 8.76. The van der Waals surface area contributed by atoms with Gasteiger partial charge in [-0.25, -0.2) is 0 Å². The Bertz CT molecular complexity index is 414. The molecular weight excluding hydrogens is 206 g/mol. The lowest BCUT2D eigenvalue weighted by molar-refractivity contribution is 0.0934. The third-order valence-electron chi connectivity index (χ3n) is 4.58. The van der Waals surface area contributed by atoms with Crippen LogP contribution in [0.15, 0.2) is 0 Å². The van der Waals surface area contributed by atoms with Gasteiger partial charge in [0.25, 0.3) is 11.7 Å². The predicted molar refractivity (Wildman–Crippen MR) is 53.2 cm³/mol. The summed E-state index contributed by atoms with van der Waals surface area (Å²) in [6, 6.07) is 0.386. The molecule has 0 aliphatic heterocycles. The van der Waals surface area contributed by atoms with Gasteiger partial charge in [0.2, 0.25) is 0 Å². The molecule has 0 spiro atoms. The summed E-state index contributed by atoms with van der Waals surface area (Å²) in [4.78, 5) is 11.7. The van der Waals surface area contributed by atoms with E-state index in [1.807, 2.05) is 0 Å². The molecule has 2 N–H and O–H groups in total. The summed E-state index contributed by atoms with van der Waals surface area (Å²) < 4.78 is 0. The van der Waals surface area contributed by atoms with E-state index < -0.39 is 0 Å². The van der Waals surface area contributed by atoms with Crippen molar-refractivity contribution in [3.8, 4) is 0 Å². The lowest BCUT2D eigenvalue weighted by Crippen LogP contribution is -2.30. The van der Waals surface area contributed by atoms with Crippen molar-refractivity contribution in [2.45, 2.75) is 25.3 Å². The molecule has 4 rings (SSSR count). The number of amides is 1. The summed E-state index contributed by atoms with van der Waals surface area (Å²) in [5, 5.41) is 16.1. The van der Waals surface area contributed by atoms with Crippen LogP contribution in [0.3, 0.4) is 0 Å². The number of aromatic nitrogens is 4. The van der Waals surface area contributed by atoms with Crippen LogP contribution in [-0.2, 0) is 0 Å². The SMILES string of the molecule is O=C(NC1C2C3CCC(C3)C12)c1nn[nH]n1. The highest BCUT2D eigenvalue weighted by Gasteiger charge is 2.65. The number of carbonyl (C=O) groups excluding carboxylic acids is 1. The van der Waals surface area contributed by atoms with Gasteiger partial charge in [0.1, 0.15) is 0 Å². The van der Waals surface area contributed by atoms with E-state index in [1.165, 1.54) is 19.3 Å². The van der Waals surface area contributed by atoms with Gasteiger partial charge in [0, 0.05) is 6.04 Å². The van der Waals surface area contributed by atoms with Crippen molar-refractivity contribution in [2.24, 2.45) is 23.7 Å². The lowest BCUT2D eigenvalue weighted by atomic mass is 10.0. The van der Waals surface area contributed by atoms with Gasteiger partial charge >= 0.3 is 0 Å². The fourth-order valence-corrected chi connectivity index (χ4v) is 3.99. The third kappa shape index (κ3) is 1.02. The predicted octanol–water partition coefficient (Wildman–Crippen LogP) is -0.0260. The molecule has 3 aliphatic carbocycles. The van der Waals surface area contributed by atoms with Gasteiger partial charge < -0.3 is 5.32 Å². The maximum Gasteiger partial charge on any atom is 0.293 e. The molecule has 84 valence electrons. The first-order valence-electron chi connectivity index (χ1n) is 5.89. The van der Waals surface area contributed by atoms with Gasteiger partial charge in [-0.05, 0) is 48.1 Å². The Morgan fingerprint density at radius 1 is 1.31 bits per heavy atom. The fraction of sp³-hybridized carbons (Fsp3) is 0.800. The molecule has 4 atom stereocenters.